The SMILES string of the molecule is N#Cc1c(-c2cccnc2)nc(Nc2ccc(Cl)cc2)[nH]c1=O. The molecular formula is C16H10ClN5O. The summed E-state index contributed by atoms with van der Waals surface area (Å²) in [6.45, 7) is 0. The molecule has 112 valence electrons. The predicted octanol–water partition coefficient (Wildman–Crippen LogP) is 3.10. The van der Waals surface area contributed by atoms with Crippen molar-refractivity contribution in [2.45, 2.75) is 0 Å². The number of pyridine rings is 1. The van der Waals surface area contributed by atoms with Gasteiger partial charge in [-0.3, -0.25) is 14.8 Å². The molecule has 23 heavy (non-hydrogen) atoms. The first kappa shape index (κ1) is 14.8. The molecule has 0 radical (unpaired) electrons. The highest BCUT2D eigenvalue weighted by atomic mass is 35.5. The molecule has 0 amide bonds. The molecule has 7 heteroatoms. The van der Waals surface area contributed by atoms with Crippen LogP contribution >= 0.6 is 11.6 Å². The lowest BCUT2D eigenvalue weighted by Crippen LogP contribution is -2.16. The van der Waals surface area contributed by atoms with Crippen molar-refractivity contribution < 1.29 is 0 Å². The van der Waals surface area contributed by atoms with Crippen molar-refractivity contribution >= 4 is 23.2 Å². The fraction of sp³-hybridized carbons (Fsp3) is 0. The van der Waals surface area contributed by atoms with Crippen molar-refractivity contribution in [2.24, 2.45) is 0 Å². The number of nitrogens with zero attached hydrogens (tertiary/aromatic N) is 3. The van der Waals surface area contributed by atoms with Gasteiger partial charge in [-0.1, -0.05) is 11.6 Å². The molecular weight excluding hydrogens is 314 g/mol. The van der Waals surface area contributed by atoms with Crippen LogP contribution in [0.3, 0.4) is 0 Å². The van der Waals surface area contributed by atoms with E-state index in [0.29, 0.717) is 16.3 Å². The highest BCUT2D eigenvalue weighted by Crippen LogP contribution is 2.21. The average Bonchev–Trinajstić information content (AvgIpc) is 2.57. The summed E-state index contributed by atoms with van der Waals surface area (Å²) in [7, 11) is 0. The van der Waals surface area contributed by atoms with Crippen LogP contribution in [0.2, 0.25) is 5.02 Å². The van der Waals surface area contributed by atoms with Crippen LogP contribution in [-0.4, -0.2) is 15.0 Å². The number of halogens is 1. The highest BCUT2D eigenvalue weighted by molar-refractivity contribution is 6.30. The molecule has 0 bridgehead atoms. The van der Waals surface area contributed by atoms with Gasteiger partial charge in [-0.15, -0.1) is 0 Å². The summed E-state index contributed by atoms with van der Waals surface area (Å²) < 4.78 is 0. The van der Waals surface area contributed by atoms with E-state index in [0.717, 1.165) is 0 Å². The molecule has 2 aromatic heterocycles. The van der Waals surface area contributed by atoms with Gasteiger partial charge in [0.25, 0.3) is 5.56 Å². The Labute approximate surface area is 136 Å². The standard InChI is InChI=1S/C16H10ClN5O/c17-11-3-5-12(6-4-11)20-16-21-14(10-2-1-7-19-9-10)13(8-18)15(23)22-16/h1-7,9H,(H2,20,21,22,23). The fourth-order valence-electron chi connectivity index (χ4n) is 2.02. The first-order valence-corrected chi connectivity index (χ1v) is 7.02. The lowest BCUT2D eigenvalue weighted by Gasteiger charge is -2.08. The average molecular weight is 324 g/mol. The van der Waals surface area contributed by atoms with Gasteiger partial charge in [0.2, 0.25) is 5.95 Å². The van der Waals surface area contributed by atoms with Crippen LogP contribution < -0.4 is 10.9 Å². The summed E-state index contributed by atoms with van der Waals surface area (Å²) in [6, 6.07) is 12.3. The molecule has 2 heterocycles. The van der Waals surface area contributed by atoms with Crippen molar-refractivity contribution in [1.82, 2.24) is 15.0 Å². The number of nitriles is 1. The summed E-state index contributed by atoms with van der Waals surface area (Å²) >= 11 is 5.84. The summed E-state index contributed by atoms with van der Waals surface area (Å²) in [5, 5.41) is 12.8. The molecule has 0 spiro atoms. The molecule has 0 aliphatic rings. The van der Waals surface area contributed by atoms with E-state index in [2.05, 4.69) is 20.3 Å². The van der Waals surface area contributed by atoms with Crippen molar-refractivity contribution in [2.75, 3.05) is 5.32 Å². The van der Waals surface area contributed by atoms with Gasteiger partial charge in [-0.25, -0.2) is 4.98 Å². The predicted molar refractivity (Wildman–Crippen MR) is 87.5 cm³/mol. The van der Waals surface area contributed by atoms with Crippen LogP contribution in [0.1, 0.15) is 5.56 Å². The first-order valence-electron chi connectivity index (χ1n) is 6.65. The number of hydrogen-bond donors (Lipinski definition) is 2. The Bertz CT molecular complexity index is 929. The smallest absolute Gasteiger partial charge is 0.270 e. The van der Waals surface area contributed by atoms with E-state index in [1.807, 2.05) is 6.07 Å². The van der Waals surface area contributed by atoms with E-state index in [9.17, 15) is 10.1 Å². The van der Waals surface area contributed by atoms with E-state index in [1.54, 1.807) is 48.8 Å². The Hall–Kier alpha value is -3.17. The molecule has 0 unspecified atom stereocenters. The highest BCUT2D eigenvalue weighted by Gasteiger charge is 2.13. The Morgan fingerprint density at radius 1 is 1.22 bits per heavy atom. The number of nitrogens with one attached hydrogen (secondary N) is 2. The number of aromatic nitrogens is 3. The van der Waals surface area contributed by atoms with Crippen LogP contribution in [0.25, 0.3) is 11.3 Å². The molecule has 0 saturated carbocycles. The fourth-order valence-corrected chi connectivity index (χ4v) is 2.14. The largest absolute Gasteiger partial charge is 0.326 e. The van der Waals surface area contributed by atoms with E-state index in [1.165, 1.54) is 0 Å². The Morgan fingerprint density at radius 3 is 2.65 bits per heavy atom. The molecule has 0 aliphatic carbocycles. The van der Waals surface area contributed by atoms with Gasteiger partial charge in [0.15, 0.2) is 0 Å². The van der Waals surface area contributed by atoms with Crippen molar-refractivity contribution in [3.63, 3.8) is 0 Å². The van der Waals surface area contributed by atoms with Crippen molar-refractivity contribution in [3.05, 3.63) is 69.7 Å². The maximum atomic E-state index is 12.1. The third-order valence-electron chi connectivity index (χ3n) is 3.07. The van der Waals surface area contributed by atoms with Gasteiger partial charge in [0.05, 0.1) is 5.69 Å². The van der Waals surface area contributed by atoms with Crippen LogP contribution in [0.5, 0.6) is 0 Å². The number of benzene rings is 1. The number of aromatic amines is 1. The molecule has 0 atom stereocenters. The van der Waals surface area contributed by atoms with Gasteiger partial charge in [0, 0.05) is 28.7 Å². The topological polar surface area (TPSA) is 94.5 Å². The van der Waals surface area contributed by atoms with Crippen molar-refractivity contribution in [1.29, 1.82) is 5.26 Å². The van der Waals surface area contributed by atoms with Gasteiger partial charge < -0.3 is 5.32 Å². The monoisotopic (exact) mass is 323 g/mol. The number of H-pyrrole nitrogens is 1. The van der Waals surface area contributed by atoms with Gasteiger partial charge >= 0.3 is 0 Å². The zero-order valence-electron chi connectivity index (χ0n) is 11.7. The Morgan fingerprint density at radius 2 is 2.00 bits per heavy atom. The summed E-state index contributed by atoms with van der Waals surface area (Å²) in [5.41, 5.74) is 1.01. The lowest BCUT2D eigenvalue weighted by molar-refractivity contribution is 1.11. The molecule has 1 aromatic carbocycles. The maximum absolute atomic E-state index is 12.1. The third kappa shape index (κ3) is 3.20. The minimum atomic E-state index is -0.516. The summed E-state index contributed by atoms with van der Waals surface area (Å²) in [6.07, 6.45) is 3.16. The lowest BCUT2D eigenvalue weighted by atomic mass is 10.1. The Balaban J connectivity index is 2.06. The van der Waals surface area contributed by atoms with Gasteiger partial charge in [-0.05, 0) is 36.4 Å². The molecule has 0 aliphatic heterocycles. The van der Waals surface area contributed by atoms with E-state index < -0.39 is 5.56 Å². The van der Waals surface area contributed by atoms with E-state index >= 15 is 0 Å². The zero-order chi connectivity index (χ0) is 16.2. The molecule has 2 N–H and O–H groups in total. The second-order valence-electron chi connectivity index (χ2n) is 4.62. The van der Waals surface area contributed by atoms with Gasteiger partial charge in [0.1, 0.15) is 11.6 Å². The van der Waals surface area contributed by atoms with Crippen LogP contribution in [0.4, 0.5) is 11.6 Å². The van der Waals surface area contributed by atoms with E-state index in [4.69, 9.17) is 11.6 Å². The van der Waals surface area contributed by atoms with Gasteiger partial charge in [-0.2, -0.15) is 5.26 Å². The minimum Gasteiger partial charge on any atom is -0.326 e. The van der Waals surface area contributed by atoms with Crippen LogP contribution in [0.15, 0.2) is 53.6 Å². The molecule has 3 aromatic rings. The molecule has 0 fully saturated rings. The van der Waals surface area contributed by atoms with E-state index in [-0.39, 0.29) is 17.2 Å². The number of hydrogen-bond acceptors (Lipinski definition) is 5. The Kier molecular flexibility index (Phi) is 4.04. The second-order valence-corrected chi connectivity index (χ2v) is 5.06. The quantitative estimate of drug-likeness (QED) is 0.772. The minimum absolute atomic E-state index is 0.0559. The van der Waals surface area contributed by atoms with Crippen LogP contribution in [-0.2, 0) is 0 Å². The summed E-state index contributed by atoms with van der Waals surface area (Å²) in [4.78, 5) is 23.0. The van der Waals surface area contributed by atoms with Crippen molar-refractivity contribution in [3.8, 4) is 17.3 Å². The molecule has 3 rings (SSSR count). The second kappa shape index (κ2) is 6.30. The number of anilines is 2. The number of rotatable bonds is 3. The summed E-state index contributed by atoms with van der Waals surface area (Å²) in [5.74, 6) is 0.232. The molecule has 6 nitrogen and oxygen atoms in total. The van der Waals surface area contributed by atoms with Crippen LogP contribution in [0, 0.1) is 11.3 Å². The maximum Gasteiger partial charge on any atom is 0.270 e. The first-order chi connectivity index (χ1) is 11.2. The zero-order valence-corrected chi connectivity index (χ0v) is 12.5. The molecule has 0 saturated heterocycles. The normalized spacial score (nSPS) is 10.1. The third-order valence-corrected chi connectivity index (χ3v) is 3.33.